The first-order chi connectivity index (χ1) is 14.3. The van der Waals surface area contributed by atoms with Crippen LogP contribution in [0.1, 0.15) is 5.56 Å². The lowest BCUT2D eigenvalue weighted by molar-refractivity contribution is -0.137. The Balaban J connectivity index is 1.87. The van der Waals surface area contributed by atoms with Crippen molar-refractivity contribution in [1.82, 2.24) is 15.0 Å². The molecule has 0 bridgehead atoms. The SMILES string of the molecule is COc1cc(Nc2nc(-c3cccnc3)nc3ccc(Cl)cc23)cc(C(F)(F)F)c1. The highest BCUT2D eigenvalue weighted by molar-refractivity contribution is 6.31. The average molecular weight is 431 g/mol. The maximum atomic E-state index is 13.3. The minimum atomic E-state index is -4.52. The van der Waals surface area contributed by atoms with Crippen LogP contribution in [0.3, 0.4) is 0 Å². The van der Waals surface area contributed by atoms with Crippen LogP contribution in [0.15, 0.2) is 60.9 Å². The van der Waals surface area contributed by atoms with Gasteiger partial charge in [0.25, 0.3) is 0 Å². The van der Waals surface area contributed by atoms with Gasteiger partial charge in [-0.2, -0.15) is 13.2 Å². The zero-order valence-corrected chi connectivity index (χ0v) is 16.3. The number of aromatic nitrogens is 3. The molecular formula is C21H14ClF3N4O. The highest BCUT2D eigenvalue weighted by Crippen LogP contribution is 2.36. The summed E-state index contributed by atoms with van der Waals surface area (Å²) in [4.78, 5) is 13.1. The predicted octanol–water partition coefficient (Wildman–Crippen LogP) is 6.12. The van der Waals surface area contributed by atoms with Gasteiger partial charge in [0.05, 0.1) is 18.2 Å². The lowest BCUT2D eigenvalue weighted by Crippen LogP contribution is -2.07. The zero-order chi connectivity index (χ0) is 21.3. The number of hydrogen-bond donors (Lipinski definition) is 1. The van der Waals surface area contributed by atoms with E-state index in [9.17, 15) is 13.2 Å². The Kier molecular flexibility index (Phi) is 5.17. The molecule has 5 nitrogen and oxygen atoms in total. The van der Waals surface area contributed by atoms with Crippen molar-refractivity contribution in [2.45, 2.75) is 6.18 Å². The molecule has 2 aromatic heterocycles. The van der Waals surface area contributed by atoms with E-state index in [0.717, 1.165) is 12.1 Å². The minimum absolute atomic E-state index is 0.0659. The first-order valence-electron chi connectivity index (χ1n) is 8.74. The molecule has 0 aliphatic heterocycles. The summed E-state index contributed by atoms with van der Waals surface area (Å²) in [5.41, 5.74) is 0.570. The number of alkyl halides is 3. The van der Waals surface area contributed by atoms with E-state index in [2.05, 4.69) is 20.3 Å². The fourth-order valence-corrected chi connectivity index (χ4v) is 3.08. The second-order valence-electron chi connectivity index (χ2n) is 6.37. The van der Waals surface area contributed by atoms with Gasteiger partial charge in [-0.25, -0.2) is 9.97 Å². The molecule has 2 heterocycles. The average Bonchev–Trinajstić information content (AvgIpc) is 2.73. The molecular weight excluding hydrogens is 417 g/mol. The summed E-state index contributed by atoms with van der Waals surface area (Å²) in [5.74, 6) is 0.748. The van der Waals surface area contributed by atoms with Gasteiger partial charge in [-0.3, -0.25) is 4.98 Å². The van der Waals surface area contributed by atoms with Crippen LogP contribution in [0.5, 0.6) is 5.75 Å². The van der Waals surface area contributed by atoms with Gasteiger partial charge in [0, 0.05) is 40.1 Å². The van der Waals surface area contributed by atoms with Crippen LogP contribution in [0.25, 0.3) is 22.3 Å². The fourth-order valence-electron chi connectivity index (χ4n) is 2.91. The second-order valence-corrected chi connectivity index (χ2v) is 6.81. The lowest BCUT2D eigenvalue weighted by atomic mass is 10.1. The Hall–Kier alpha value is -3.39. The molecule has 30 heavy (non-hydrogen) atoms. The van der Waals surface area contributed by atoms with Crippen molar-refractivity contribution < 1.29 is 17.9 Å². The molecule has 4 rings (SSSR count). The number of halogens is 4. The Labute approximate surface area is 174 Å². The second kappa shape index (κ2) is 7.79. The van der Waals surface area contributed by atoms with Crippen LogP contribution < -0.4 is 10.1 Å². The zero-order valence-electron chi connectivity index (χ0n) is 15.5. The van der Waals surface area contributed by atoms with E-state index >= 15 is 0 Å². The van der Waals surface area contributed by atoms with E-state index in [1.807, 2.05) is 0 Å². The van der Waals surface area contributed by atoms with E-state index in [4.69, 9.17) is 16.3 Å². The third kappa shape index (κ3) is 4.13. The molecule has 0 unspecified atom stereocenters. The van der Waals surface area contributed by atoms with E-state index in [-0.39, 0.29) is 11.4 Å². The molecule has 0 aliphatic carbocycles. The Morgan fingerprint density at radius 3 is 2.57 bits per heavy atom. The monoisotopic (exact) mass is 430 g/mol. The van der Waals surface area contributed by atoms with Crippen LogP contribution in [0.2, 0.25) is 5.02 Å². The summed E-state index contributed by atoms with van der Waals surface area (Å²) in [7, 11) is 1.31. The number of pyridine rings is 1. The number of hydrogen-bond acceptors (Lipinski definition) is 5. The number of nitrogens with one attached hydrogen (secondary N) is 1. The highest BCUT2D eigenvalue weighted by atomic mass is 35.5. The Bertz CT molecular complexity index is 1220. The topological polar surface area (TPSA) is 59.9 Å². The largest absolute Gasteiger partial charge is 0.497 e. The number of rotatable bonds is 4. The number of benzene rings is 2. The standard InChI is InChI=1S/C21H14ClF3N4O/c1-30-16-8-13(21(23,24)25)7-15(10-16)27-20-17-9-14(22)4-5-18(17)28-19(29-20)12-3-2-6-26-11-12/h2-11H,1H3,(H,27,28,29). The van der Waals surface area contributed by atoms with E-state index in [0.29, 0.717) is 33.1 Å². The molecule has 0 saturated heterocycles. The van der Waals surface area contributed by atoms with Gasteiger partial charge in [-0.15, -0.1) is 0 Å². The summed E-state index contributed by atoms with van der Waals surface area (Å²) < 4.78 is 44.9. The van der Waals surface area contributed by atoms with Crippen molar-refractivity contribution in [3.8, 4) is 17.1 Å². The van der Waals surface area contributed by atoms with Crippen LogP contribution in [0, 0.1) is 0 Å². The number of anilines is 2. The normalized spacial score (nSPS) is 11.5. The van der Waals surface area contributed by atoms with E-state index in [1.54, 1.807) is 42.7 Å². The molecule has 0 saturated carbocycles. The summed E-state index contributed by atoms with van der Waals surface area (Å²) in [5, 5.41) is 3.97. The van der Waals surface area contributed by atoms with Crippen LogP contribution in [-0.4, -0.2) is 22.1 Å². The number of methoxy groups -OCH3 is 1. The highest BCUT2D eigenvalue weighted by Gasteiger charge is 2.31. The summed E-state index contributed by atoms with van der Waals surface area (Å²) in [6, 6.07) is 12.0. The van der Waals surface area contributed by atoms with Gasteiger partial charge in [-0.05, 0) is 42.5 Å². The molecule has 0 aliphatic rings. The summed E-state index contributed by atoms with van der Waals surface area (Å²) in [6.07, 6.45) is -1.30. The third-order valence-electron chi connectivity index (χ3n) is 4.31. The fraction of sp³-hybridized carbons (Fsp3) is 0.0952. The molecule has 0 radical (unpaired) electrons. The van der Waals surface area contributed by atoms with Gasteiger partial charge in [0.2, 0.25) is 0 Å². The Morgan fingerprint density at radius 1 is 1.03 bits per heavy atom. The Morgan fingerprint density at radius 2 is 1.87 bits per heavy atom. The van der Waals surface area contributed by atoms with Crippen molar-refractivity contribution in [3.05, 3.63) is 71.5 Å². The maximum Gasteiger partial charge on any atom is 0.416 e. The van der Waals surface area contributed by atoms with Gasteiger partial charge in [-0.1, -0.05) is 11.6 Å². The first-order valence-corrected chi connectivity index (χ1v) is 9.12. The number of fused-ring (bicyclic) bond motifs is 1. The molecule has 0 atom stereocenters. The van der Waals surface area contributed by atoms with Gasteiger partial charge < -0.3 is 10.1 Å². The van der Waals surface area contributed by atoms with Gasteiger partial charge >= 0.3 is 6.18 Å². The number of nitrogens with zero attached hydrogens (tertiary/aromatic N) is 3. The molecule has 0 fully saturated rings. The van der Waals surface area contributed by atoms with Crippen molar-refractivity contribution in [2.75, 3.05) is 12.4 Å². The van der Waals surface area contributed by atoms with Crippen molar-refractivity contribution >= 4 is 34.0 Å². The maximum absolute atomic E-state index is 13.3. The quantitative estimate of drug-likeness (QED) is 0.423. The lowest BCUT2D eigenvalue weighted by Gasteiger charge is -2.15. The van der Waals surface area contributed by atoms with Crippen LogP contribution in [0.4, 0.5) is 24.7 Å². The van der Waals surface area contributed by atoms with Crippen molar-refractivity contribution in [3.63, 3.8) is 0 Å². The molecule has 2 aromatic carbocycles. The van der Waals surface area contributed by atoms with Crippen molar-refractivity contribution in [1.29, 1.82) is 0 Å². The van der Waals surface area contributed by atoms with Crippen LogP contribution in [-0.2, 0) is 6.18 Å². The molecule has 0 amide bonds. The molecule has 4 aromatic rings. The van der Waals surface area contributed by atoms with Gasteiger partial charge in [0.15, 0.2) is 5.82 Å². The number of ether oxygens (including phenoxy) is 1. The molecule has 0 spiro atoms. The summed E-state index contributed by atoms with van der Waals surface area (Å²) in [6.45, 7) is 0. The van der Waals surface area contributed by atoms with Gasteiger partial charge in [0.1, 0.15) is 11.6 Å². The predicted molar refractivity (Wildman–Crippen MR) is 109 cm³/mol. The van der Waals surface area contributed by atoms with Crippen LogP contribution >= 0.6 is 11.6 Å². The molecule has 152 valence electrons. The van der Waals surface area contributed by atoms with E-state index < -0.39 is 11.7 Å². The summed E-state index contributed by atoms with van der Waals surface area (Å²) >= 11 is 6.12. The van der Waals surface area contributed by atoms with E-state index in [1.165, 1.54) is 13.2 Å². The smallest absolute Gasteiger partial charge is 0.416 e. The van der Waals surface area contributed by atoms with Crippen molar-refractivity contribution in [2.24, 2.45) is 0 Å². The first kappa shape index (κ1) is 19.9. The molecule has 1 N–H and O–H groups in total. The minimum Gasteiger partial charge on any atom is -0.497 e. The molecule has 9 heteroatoms. The third-order valence-corrected chi connectivity index (χ3v) is 4.54.